The Balaban J connectivity index is 2.09. The second kappa shape index (κ2) is 5.83. The van der Waals surface area contributed by atoms with Crippen LogP contribution in [-0.2, 0) is 14.3 Å². The molecule has 1 aliphatic rings. The first-order valence-electron chi connectivity index (χ1n) is 5.91. The second-order valence-electron chi connectivity index (χ2n) is 4.76. The highest BCUT2D eigenvalue weighted by Gasteiger charge is 2.44. The minimum Gasteiger partial charge on any atom is -0.394 e. The first-order chi connectivity index (χ1) is 9.32. The lowest BCUT2D eigenvalue weighted by Gasteiger charge is -2.16. The Morgan fingerprint density at radius 3 is 2.80 bits per heavy atom. The predicted molar refractivity (Wildman–Crippen MR) is 73.8 cm³/mol. The normalized spacial score (nSPS) is 24.6. The van der Waals surface area contributed by atoms with E-state index in [-0.39, 0.29) is 16.8 Å². The fraction of sp³-hybridized carbons (Fsp3) is 0.500. The van der Waals surface area contributed by atoms with Gasteiger partial charge in [-0.1, -0.05) is 23.2 Å². The summed E-state index contributed by atoms with van der Waals surface area (Å²) in [6.45, 7) is 3.02. The van der Waals surface area contributed by atoms with Gasteiger partial charge in [0.15, 0.2) is 11.9 Å². The summed E-state index contributed by atoms with van der Waals surface area (Å²) in [5.74, 6) is -1.37. The number of anilines is 1. The summed E-state index contributed by atoms with van der Waals surface area (Å²) >= 11 is 11.5. The largest absolute Gasteiger partial charge is 0.394 e. The molecule has 1 aliphatic heterocycles. The Kier molecular flexibility index (Phi) is 4.51. The number of nitrogens with one attached hydrogen (secondary N) is 1. The molecule has 8 heteroatoms. The third-order valence-electron chi connectivity index (χ3n) is 2.69. The number of halogens is 2. The van der Waals surface area contributed by atoms with Gasteiger partial charge in [0.2, 0.25) is 0 Å². The van der Waals surface area contributed by atoms with Gasteiger partial charge in [0.05, 0.1) is 23.5 Å². The first-order valence-corrected chi connectivity index (χ1v) is 6.66. The zero-order valence-corrected chi connectivity index (χ0v) is 12.4. The Morgan fingerprint density at radius 1 is 1.50 bits per heavy atom. The van der Waals surface area contributed by atoms with Crippen LogP contribution in [0.4, 0.5) is 5.69 Å². The molecule has 0 spiro atoms. The summed E-state index contributed by atoms with van der Waals surface area (Å²) in [7, 11) is 0. The molecule has 1 aromatic rings. The summed E-state index contributed by atoms with van der Waals surface area (Å²) in [6.07, 6.45) is -0.258. The molecule has 2 atom stereocenters. The first kappa shape index (κ1) is 15.5. The van der Waals surface area contributed by atoms with E-state index in [1.807, 2.05) is 0 Å². The molecule has 0 aliphatic carbocycles. The SMILES string of the molecule is CC1(C)OC(CO)C(C(=O)Nc2cnc(Cl)c(Cl)c2)O1. The van der Waals surface area contributed by atoms with E-state index in [1.54, 1.807) is 13.8 Å². The van der Waals surface area contributed by atoms with E-state index in [1.165, 1.54) is 12.3 Å². The van der Waals surface area contributed by atoms with Crippen molar-refractivity contribution in [2.24, 2.45) is 0 Å². The Morgan fingerprint density at radius 2 is 2.20 bits per heavy atom. The zero-order valence-electron chi connectivity index (χ0n) is 10.9. The van der Waals surface area contributed by atoms with Crippen LogP contribution in [0.2, 0.25) is 10.2 Å². The lowest BCUT2D eigenvalue weighted by molar-refractivity contribution is -0.155. The number of aromatic nitrogens is 1. The van der Waals surface area contributed by atoms with E-state index < -0.39 is 23.9 Å². The van der Waals surface area contributed by atoms with Gasteiger partial charge in [-0.25, -0.2) is 4.98 Å². The number of rotatable bonds is 3. The van der Waals surface area contributed by atoms with Gasteiger partial charge in [0, 0.05) is 0 Å². The highest BCUT2D eigenvalue weighted by Crippen LogP contribution is 2.29. The molecule has 0 radical (unpaired) electrons. The number of amides is 1. The maximum absolute atomic E-state index is 12.1. The average molecular weight is 321 g/mol. The Bertz CT molecular complexity index is 524. The third-order valence-corrected chi connectivity index (χ3v) is 3.37. The van der Waals surface area contributed by atoms with E-state index in [0.29, 0.717) is 5.69 Å². The van der Waals surface area contributed by atoms with Crippen LogP contribution in [0.3, 0.4) is 0 Å². The van der Waals surface area contributed by atoms with Crippen molar-refractivity contribution in [3.63, 3.8) is 0 Å². The van der Waals surface area contributed by atoms with Crippen LogP contribution in [0.15, 0.2) is 12.3 Å². The second-order valence-corrected chi connectivity index (χ2v) is 5.53. The molecule has 110 valence electrons. The number of nitrogens with zero attached hydrogens (tertiary/aromatic N) is 1. The molecular formula is C12H14Cl2N2O4. The maximum Gasteiger partial charge on any atom is 0.256 e. The lowest BCUT2D eigenvalue weighted by atomic mass is 10.2. The Labute approximate surface area is 126 Å². The minimum absolute atomic E-state index is 0.152. The molecule has 6 nitrogen and oxygen atoms in total. The van der Waals surface area contributed by atoms with Crippen LogP contribution in [0, 0.1) is 0 Å². The van der Waals surface area contributed by atoms with Gasteiger partial charge < -0.3 is 19.9 Å². The van der Waals surface area contributed by atoms with E-state index in [4.69, 9.17) is 32.7 Å². The average Bonchev–Trinajstić information content (AvgIpc) is 2.69. The summed E-state index contributed by atoms with van der Waals surface area (Å²) in [5.41, 5.74) is 0.384. The molecule has 1 fully saturated rings. The molecule has 1 saturated heterocycles. The van der Waals surface area contributed by atoms with Gasteiger partial charge in [0.25, 0.3) is 5.91 Å². The third kappa shape index (κ3) is 3.39. The summed E-state index contributed by atoms with van der Waals surface area (Å²) in [4.78, 5) is 16.0. The topological polar surface area (TPSA) is 80.7 Å². The van der Waals surface area contributed by atoms with Gasteiger partial charge in [-0.2, -0.15) is 0 Å². The van der Waals surface area contributed by atoms with Crippen molar-refractivity contribution in [1.29, 1.82) is 0 Å². The minimum atomic E-state index is -0.925. The summed E-state index contributed by atoms with van der Waals surface area (Å²) < 4.78 is 10.9. The number of hydrogen-bond donors (Lipinski definition) is 2. The van der Waals surface area contributed by atoms with Gasteiger partial charge in [0.1, 0.15) is 11.3 Å². The van der Waals surface area contributed by atoms with Crippen LogP contribution in [0.5, 0.6) is 0 Å². The van der Waals surface area contributed by atoms with Crippen LogP contribution < -0.4 is 5.32 Å². The number of hydrogen-bond acceptors (Lipinski definition) is 5. The van der Waals surface area contributed by atoms with Crippen LogP contribution in [-0.4, -0.2) is 40.6 Å². The molecule has 20 heavy (non-hydrogen) atoms. The van der Waals surface area contributed by atoms with Gasteiger partial charge in [-0.3, -0.25) is 4.79 Å². The van der Waals surface area contributed by atoms with E-state index in [0.717, 1.165) is 0 Å². The van der Waals surface area contributed by atoms with Gasteiger partial charge >= 0.3 is 0 Å². The number of pyridine rings is 1. The zero-order chi connectivity index (χ0) is 14.9. The molecule has 2 N–H and O–H groups in total. The number of aliphatic hydroxyl groups is 1. The highest BCUT2D eigenvalue weighted by molar-refractivity contribution is 6.41. The predicted octanol–water partition coefficient (Wildman–Crippen LogP) is 1.84. The molecule has 2 rings (SSSR count). The monoisotopic (exact) mass is 320 g/mol. The fourth-order valence-electron chi connectivity index (χ4n) is 1.89. The fourth-order valence-corrected chi connectivity index (χ4v) is 2.16. The van der Waals surface area contributed by atoms with Crippen molar-refractivity contribution in [2.75, 3.05) is 11.9 Å². The lowest BCUT2D eigenvalue weighted by Crippen LogP contribution is -2.38. The Hall–Kier alpha value is -0.920. The van der Waals surface area contributed by atoms with Crippen molar-refractivity contribution < 1.29 is 19.4 Å². The standard InChI is InChI=1S/C12H14Cl2N2O4/c1-12(2)19-8(5-17)9(20-12)11(18)16-6-3-7(13)10(14)15-4-6/h3-4,8-9,17H,5H2,1-2H3,(H,16,18). The molecule has 0 aromatic carbocycles. The van der Waals surface area contributed by atoms with Crippen LogP contribution in [0.25, 0.3) is 0 Å². The summed E-state index contributed by atoms with van der Waals surface area (Å²) in [5, 5.41) is 12.2. The molecule has 0 saturated carbocycles. The molecule has 1 aromatic heterocycles. The molecule has 2 unspecified atom stereocenters. The van der Waals surface area contributed by atoms with E-state index in [9.17, 15) is 9.90 Å². The number of aliphatic hydroxyl groups excluding tert-OH is 1. The number of carbonyl (C=O) groups is 1. The molecule has 1 amide bonds. The van der Waals surface area contributed by atoms with Crippen molar-refractivity contribution in [3.05, 3.63) is 22.4 Å². The number of ether oxygens (including phenoxy) is 2. The van der Waals surface area contributed by atoms with Crippen molar-refractivity contribution in [2.45, 2.75) is 31.8 Å². The molecule has 0 bridgehead atoms. The van der Waals surface area contributed by atoms with Crippen molar-refractivity contribution in [1.82, 2.24) is 4.98 Å². The van der Waals surface area contributed by atoms with Gasteiger partial charge in [-0.15, -0.1) is 0 Å². The maximum atomic E-state index is 12.1. The molecule has 2 heterocycles. The van der Waals surface area contributed by atoms with E-state index in [2.05, 4.69) is 10.3 Å². The number of carbonyl (C=O) groups excluding carboxylic acids is 1. The van der Waals surface area contributed by atoms with Gasteiger partial charge in [-0.05, 0) is 19.9 Å². The van der Waals surface area contributed by atoms with Crippen LogP contribution in [0.1, 0.15) is 13.8 Å². The highest BCUT2D eigenvalue weighted by atomic mass is 35.5. The van der Waals surface area contributed by atoms with Crippen molar-refractivity contribution in [3.8, 4) is 0 Å². The summed E-state index contributed by atoms with van der Waals surface area (Å²) in [6, 6.07) is 1.48. The smallest absolute Gasteiger partial charge is 0.256 e. The quantitative estimate of drug-likeness (QED) is 0.830. The van der Waals surface area contributed by atoms with E-state index >= 15 is 0 Å². The molecular weight excluding hydrogens is 307 g/mol. The van der Waals surface area contributed by atoms with Crippen molar-refractivity contribution >= 4 is 34.8 Å². The van der Waals surface area contributed by atoms with Crippen LogP contribution >= 0.6 is 23.2 Å².